The van der Waals surface area contributed by atoms with Crippen LogP contribution in [0, 0.1) is 0 Å². The average molecular weight is 106 g/mol. The summed E-state index contributed by atoms with van der Waals surface area (Å²) in [6, 6.07) is 0. The van der Waals surface area contributed by atoms with Gasteiger partial charge in [0, 0.05) is 0 Å². The van der Waals surface area contributed by atoms with Gasteiger partial charge in [-0.05, 0) is 6.08 Å². The van der Waals surface area contributed by atoms with Crippen molar-refractivity contribution in [1.29, 1.82) is 0 Å². The third-order valence-corrected chi connectivity index (χ3v) is 0.490. The van der Waals surface area contributed by atoms with Gasteiger partial charge in [-0.15, -0.1) is 12.1 Å². The lowest BCUT2D eigenvalue weighted by molar-refractivity contribution is 0.435. The largest absolute Gasteiger partial charge is 0.509 e. The molecule has 0 aliphatic carbocycles. The Kier molecular flexibility index (Phi) is 2.78. The van der Waals surface area contributed by atoms with E-state index in [0.717, 1.165) is 0 Å². The van der Waals surface area contributed by atoms with Gasteiger partial charge < -0.3 is 5.11 Å². The summed E-state index contributed by atoms with van der Waals surface area (Å²) in [6.07, 6.45) is 2.85. The second-order valence-electron chi connectivity index (χ2n) is 1.40. The number of allylic oxidation sites excluding steroid dienone is 3. The Bertz CT molecular complexity index is 119. The lowest BCUT2D eigenvalue weighted by Crippen LogP contribution is -1.71. The maximum absolute atomic E-state index is 8.42. The van der Waals surface area contributed by atoms with Crippen molar-refractivity contribution in [1.82, 2.24) is 0 Å². The first kappa shape index (κ1) is 7.08. The van der Waals surface area contributed by atoms with Crippen molar-refractivity contribution in [3.63, 3.8) is 0 Å². The van der Waals surface area contributed by atoms with E-state index >= 15 is 0 Å². The zero-order chi connectivity index (χ0) is 6.57. The minimum absolute atomic E-state index is 0.0170. The van der Waals surface area contributed by atoms with Crippen LogP contribution in [0.4, 0.5) is 0 Å². The van der Waals surface area contributed by atoms with Gasteiger partial charge in [0.25, 0.3) is 0 Å². The highest BCUT2D eigenvalue weighted by atomic mass is 16.3. The zero-order valence-electron chi connectivity index (χ0n) is 4.59. The molecule has 1 N–H and O–H groups in total. The van der Waals surface area contributed by atoms with Crippen LogP contribution in [0.1, 0.15) is 0 Å². The molecule has 0 aliphatic heterocycles. The molecule has 0 rings (SSSR count). The Morgan fingerprint density at radius 1 is 1.38 bits per heavy atom. The van der Waals surface area contributed by atoms with E-state index in [2.05, 4.69) is 13.2 Å². The second-order valence-corrected chi connectivity index (χ2v) is 1.40. The fraction of sp³-hybridized carbons (Fsp3) is 0. The Morgan fingerprint density at radius 2 is 1.88 bits per heavy atom. The van der Waals surface area contributed by atoms with Crippen LogP contribution >= 0.6 is 0 Å². The first-order valence-corrected chi connectivity index (χ1v) is 2.13. The summed E-state index contributed by atoms with van der Waals surface area (Å²) < 4.78 is 0. The summed E-state index contributed by atoms with van der Waals surface area (Å²) >= 11 is 0. The van der Waals surface area contributed by atoms with Crippen molar-refractivity contribution < 1.29 is 5.11 Å². The van der Waals surface area contributed by atoms with Crippen molar-refractivity contribution in [3.8, 4) is 0 Å². The number of rotatable bonds is 2. The Balaban J connectivity index is 3.67. The van der Waals surface area contributed by atoms with Gasteiger partial charge in [0.15, 0.2) is 0 Å². The summed E-state index contributed by atoms with van der Waals surface area (Å²) in [6.45, 7) is 6.56. The van der Waals surface area contributed by atoms with E-state index in [1.165, 1.54) is 12.2 Å². The first-order valence-electron chi connectivity index (χ1n) is 2.13. The molecule has 1 nitrogen and oxygen atoms in total. The molecular weight excluding hydrogens is 98.9 g/mol. The Labute approximate surface area is 50.4 Å². The lowest BCUT2D eigenvalue weighted by atomic mass is 9.98. The van der Waals surface area contributed by atoms with Gasteiger partial charge in [-0.3, -0.25) is 0 Å². The van der Waals surface area contributed by atoms with Gasteiger partial charge in [-0.1, -0.05) is 12.7 Å². The van der Waals surface area contributed by atoms with E-state index in [9.17, 15) is 0 Å². The van der Waals surface area contributed by atoms with Crippen LogP contribution in [-0.4, -0.2) is 13.0 Å². The molecule has 0 fully saturated rings. The summed E-state index contributed by atoms with van der Waals surface area (Å²) in [5.74, 6) is -0.0170. The van der Waals surface area contributed by atoms with Crippen LogP contribution in [0.25, 0.3) is 0 Å². The maximum atomic E-state index is 8.42. The van der Waals surface area contributed by atoms with E-state index < -0.39 is 0 Å². The van der Waals surface area contributed by atoms with Gasteiger partial charge >= 0.3 is 0 Å². The molecule has 0 aromatic carbocycles. The third kappa shape index (κ3) is 5.08. The number of hydrogen-bond acceptors (Lipinski definition) is 1. The molecule has 0 heterocycles. The van der Waals surface area contributed by atoms with E-state index in [-0.39, 0.29) is 5.76 Å². The molecule has 8 heavy (non-hydrogen) atoms. The molecule has 0 aliphatic rings. The lowest BCUT2D eigenvalue weighted by Gasteiger charge is -1.84. The topological polar surface area (TPSA) is 20.2 Å². The third-order valence-electron chi connectivity index (χ3n) is 0.490. The van der Waals surface area contributed by atoms with Crippen molar-refractivity contribution in [2.75, 3.05) is 0 Å². The van der Waals surface area contributed by atoms with E-state index in [0.29, 0.717) is 5.47 Å². The monoisotopic (exact) mass is 106 g/mol. The van der Waals surface area contributed by atoms with Crippen molar-refractivity contribution >= 4 is 7.85 Å². The predicted octanol–water partition coefficient (Wildman–Crippen LogP) is 1.30. The minimum Gasteiger partial charge on any atom is -0.509 e. The van der Waals surface area contributed by atoms with Crippen LogP contribution in [0.5, 0.6) is 0 Å². The van der Waals surface area contributed by atoms with Crippen molar-refractivity contribution in [3.05, 3.63) is 36.5 Å². The van der Waals surface area contributed by atoms with Gasteiger partial charge in [0.05, 0.1) is 0 Å². The standard InChI is InChI=1S/C6H7BO/c1-5(7)3-4-6(2)8/h3-4,8H,1-2H2/b4-3-. The highest BCUT2D eigenvalue weighted by Crippen LogP contribution is 1.88. The molecule has 0 aromatic rings. The first-order chi connectivity index (χ1) is 3.63. The molecule has 0 unspecified atom stereocenters. The van der Waals surface area contributed by atoms with Crippen molar-refractivity contribution in [2.24, 2.45) is 0 Å². The summed E-state index contributed by atoms with van der Waals surface area (Å²) in [7, 11) is 5.11. The molecular formula is C6H7BO. The molecule has 0 amide bonds. The smallest absolute Gasteiger partial charge is 0.112 e. The van der Waals surface area contributed by atoms with Crippen LogP contribution < -0.4 is 0 Å². The van der Waals surface area contributed by atoms with Crippen LogP contribution in [-0.2, 0) is 0 Å². The van der Waals surface area contributed by atoms with E-state index in [1.54, 1.807) is 0 Å². The summed E-state index contributed by atoms with van der Waals surface area (Å²) in [5.41, 5.74) is 0.403. The summed E-state index contributed by atoms with van der Waals surface area (Å²) in [4.78, 5) is 0. The number of aliphatic hydroxyl groups is 1. The highest BCUT2D eigenvalue weighted by molar-refractivity contribution is 6.23. The number of aliphatic hydroxyl groups excluding tert-OH is 1. The normalized spacial score (nSPS) is 9.50. The molecule has 0 spiro atoms. The fourth-order valence-corrected chi connectivity index (χ4v) is 0.203. The number of hydrogen-bond donors (Lipinski definition) is 1. The molecule has 2 heteroatoms. The van der Waals surface area contributed by atoms with Crippen LogP contribution in [0.3, 0.4) is 0 Å². The van der Waals surface area contributed by atoms with Gasteiger partial charge in [0.2, 0.25) is 0 Å². The molecule has 0 bridgehead atoms. The molecule has 0 aromatic heterocycles. The molecule has 0 saturated heterocycles. The molecule has 0 saturated carbocycles. The minimum atomic E-state index is -0.0170. The van der Waals surface area contributed by atoms with Gasteiger partial charge in [-0.2, -0.15) is 0 Å². The quantitative estimate of drug-likeness (QED) is 0.319. The van der Waals surface area contributed by atoms with E-state index in [1.807, 2.05) is 0 Å². The summed E-state index contributed by atoms with van der Waals surface area (Å²) in [5, 5.41) is 8.42. The molecule has 40 valence electrons. The highest BCUT2D eigenvalue weighted by Gasteiger charge is 1.74. The average Bonchev–Trinajstić information content (AvgIpc) is 1.61. The maximum Gasteiger partial charge on any atom is 0.112 e. The van der Waals surface area contributed by atoms with Crippen molar-refractivity contribution in [2.45, 2.75) is 0 Å². The Morgan fingerprint density at radius 3 is 2.00 bits per heavy atom. The second kappa shape index (κ2) is 3.13. The SMILES string of the molecule is [B]C(=C)/C=C\C(=C)O. The molecule has 2 radical (unpaired) electrons. The zero-order valence-corrected chi connectivity index (χ0v) is 4.59. The fourth-order valence-electron chi connectivity index (χ4n) is 0.203. The van der Waals surface area contributed by atoms with Gasteiger partial charge in [-0.25, -0.2) is 0 Å². The van der Waals surface area contributed by atoms with Crippen LogP contribution in [0.15, 0.2) is 36.5 Å². The van der Waals surface area contributed by atoms with Gasteiger partial charge in [0.1, 0.15) is 13.6 Å². The Hall–Kier alpha value is -0.915. The molecule has 0 atom stereocenters. The predicted molar refractivity (Wildman–Crippen MR) is 35.8 cm³/mol. The van der Waals surface area contributed by atoms with E-state index in [4.69, 9.17) is 13.0 Å². The van der Waals surface area contributed by atoms with Crippen LogP contribution in [0.2, 0.25) is 0 Å².